The Morgan fingerprint density at radius 3 is 2.74 bits per heavy atom. The third kappa shape index (κ3) is 5.41. The third-order valence-electron chi connectivity index (χ3n) is 3.17. The Kier molecular flexibility index (Phi) is 6.35. The largest absolute Gasteiger partial charge is 0.379 e. The van der Waals surface area contributed by atoms with Crippen LogP contribution in [-0.4, -0.2) is 31.5 Å². The van der Waals surface area contributed by atoms with Crippen LogP contribution in [0.15, 0.2) is 66.5 Å². The predicted molar refractivity (Wildman–Crippen MR) is 112 cm³/mol. The Balaban J connectivity index is 1.77. The Labute approximate surface area is 176 Å². The Bertz CT molecular complexity index is 1060. The summed E-state index contributed by atoms with van der Waals surface area (Å²) < 4.78 is 31.3. The van der Waals surface area contributed by atoms with Gasteiger partial charge >= 0.3 is 10.1 Å². The van der Waals surface area contributed by atoms with E-state index in [1.165, 1.54) is 36.2 Å². The average Bonchev–Trinajstić information content (AvgIpc) is 3.02. The van der Waals surface area contributed by atoms with E-state index < -0.39 is 10.1 Å². The first kappa shape index (κ1) is 20.1. The van der Waals surface area contributed by atoms with Crippen LogP contribution in [0.4, 0.5) is 0 Å². The van der Waals surface area contributed by atoms with E-state index in [1.54, 1.807) is 24.3 Å². The maximum absolute atomic E-state index is 12.5. The van der Waals surface area contributed by atoms with E-state index >= 15 is 0 Å². The van der Waals surface area contributed by atoms with Gasteiger partial charge in [0.05, 0.1) is 12.0 Å². The second kappa shape index (κ2) is 8.55. The van der Waals surface area contributed by atoms with Gasteiger partial charge in [-0.2, -0.15) is 13.5 Å². The molecule has 0 saturated carbocycles. The van der Waals surface area contributed by atoms with Crippen molar-refractivity contribution in [3.05, 3.63) is 57.0 Å². The van der Waals surface area contributed by atoms with Crippen molar-refractivity contribution in [2.24, 2.45) is 10.2 Å². The summed E-state index contributed by atoms with van der Waals surface area (Å²) in [5.41, 5.74) is 0.592. The zero-order valence-corrected chi connectivity index (χ0v) is 18.2. The topological polar surface area (TPSA) is 97.2 Å². The molecular formula is C16H11Br2N3O4S2. The van der Waals surface area contributed by atoms with Crippen molar-refractivity contribution < 1.29 is 17.4 Å². The summed E-state index contributed by atoms with van der Waals surface area (Å²) in [7, 11) is -4.02. The van der Waals surface area contributed by atoms with Gasteiger partial charge < -0.3 is 9.50 Å². The van der Waals surface area contributed by atoms with Crippen LogP contribution >= 0.6 is 43.6 Å². The molecule has 1 heterocycles. The molecule has 7 nitrogen and oxygen atoms in total. The van der Waals surface area contributed by atoms with Gasteiger partial charge in [0.25, 0.3) is 0 Å². The molecular weight excluding hydrogens is 522 g/mol. The van der Waals surface area contributed by atoms with Crippen molar-refractivity contribution in [2.45, 2.75) is 4.90 Å². The molecule has 2 aromatic rings. The lowest BCUT2D eigenvalue weighted by Crippen LogP contribution is -2.19. The monoisotopic (exact) mass is 531 g/mol. The van der Waals surface area contributed by atoms with Crippen LogP contribution in [0.5, 0.6) is 5.75 Å². The molecule has 1 aliphatic rings. The Hall–Kier alpha value is -1.69. The highest BCUT2D eigenvalue weighted by Gasteiger charge is 2.20. The number of rotatable bonds is 5. The zero-order valence-electron chi connectivity index (χ0n) is 13.4. The summed E-state index contributed by atoms with van der Waals surface area (Å²) in [6, 6.07) is 11.2. The van der Waals surface area contributed by atoms with E-state index in [0.29, 0.717) is 25.4 Å². The van der Waals surface area contributed by atoms with Gasteiger partial charge in [-0.05, 0) is 51.8 Å². The molecule has 1 saturated heterocycles. The Morgan fingerprint density at radius 2 is 2.00 bits per heavy atom. The molecule has 140 valence electrons. The molecule has 2 aromatic carbocycles. The van der Waals surface area contributed by atoms with Crippen molar-refractivity contribution in [1.29, 1.82) is 0 Å². The molecule has 0 aromatic heterocycles. The van der Waals surface area contributed by atoms with Crippen LogP contribution in [0.25, 0.3) is 0 Å². The number of amides is 1. The molecule has 1 aliphatic heterocycles. The number of thioether (sulfide) groups is 1. The molecule has 0 radical (unpaired) electrons. The van der Waals surface area contributed by atoms with E-state index in [4.69, 9.17) is 4.18 Å². The minimum absolute atomic E-state index is 0.0105. The lowest BCUT2D eigenvalue weighted by atomic mass is 10.2. The molecule has 0 atom stereocenters. The highest BCUT2D eigenvalue weighted by Crippen LogP contribution is 2.28. The first-order chi connectivity index (χ1) is 12.8. The van der Waals surface area contributed by atoms with Crippen LogP contribution in [-0.2, 0) is 14.9 Å². The van der Waals surface area contributed by atoms with Gasteiger partial charge in [0.15, 0.2) is 5.17 Å². The van der Waals surface area contributed by atoms with Crippen LogP contribution in [0.2, 0.25) is 0 Å². The number of amidine groups is 1. The van der Waals surface area contributed by atoms with Crippen molar-refractivity contribution in [3.63, 3.8) is 0 Å². The summed E-state index contributed by atoms with van der Waals surface area (Å²) in [6.45, 7) is 0. The van der Waals surface area contributed by atoms with Crippen LogP contribution < -0.4 is 9.50 Å². The van der Waals surface area contributed by atoms with Crippen LogP contribution in [0.3, 0.4) is 0 Å². The molecule has 1 amide bonds. The molecule has 0 bridgehead atoms. The quantitative estimate of drug-likeness (QED) is 0.361. The summed E-state index contributed by atoms with van der Waals surface area (Å²) in [5, 5.41) is 10.8. The standard InChI is InChI=1S/C16H11Br2N3O4S2/c17-11-4-5-13(18)14(7-11)27(23,24)25-12-3-1-2-10(6-12)8-19-21-16-20-15(22)9-26-16/h1-8H,9H2,(H,20,21,22). The SMILES string of the molecule is O=C1CS/C(=N\N=Cc2cccc(OS(=O)(=O)c3cc(Br)ccc3Br)c2)N1. The number of hydrogen-bond donors (Lipinski definition) is 1. The minimum atomic E-state index is -4.02. The summed E-state index contributed by atoms with van der Waals surface area (Å²) in [5.74, 6) is 0.344. The molecule has 11 heteroatoms. The van der Waals surface area contributed by atoms with Gasteiger partial charge in [-0.25, -0.2) is 0 Å². The van der Waals surface area contributed by atoms with Gasteiger partial charge in [-0.15, -0.1) is 5.10 Å². The number of nitrogens with one attached hydrogen (secondary N) is 1. The van der Waals surface area contributed by atoms with Gasteiger partial charge in [-0.3, -0.25) is 4.79 Å². The van der Waals surface area contributed by atoms with Crippen molar-refractivity contribution >= 4 is 71.0 Å². The lowest BCUT2D eigenvalue weighted by Gasteiger charge is -2.09. The number of benzene rings is 2. The van der Waals surface area contributed by atoms with Gasteiger partial charge in [0.2, 0.25) is 5.91 Å². The van der Waals surface area contributed by atoms with Crippen molar-refractivity contribution in [2.75, 3.05) is 5.75 Å². The van der Waals surface area contributed by atoms with Gasteiger partial charge in [0, 0.05) is 8.95 Å². The Morgan fingerprint density at radius 1 is 1.19 bits per heavy atom. The fourth-order valence-electron chi connectivity index (χ4n) is 2.01. The fraction of sp³-hybridized carbons (Fsp3) is 0.0625. The number of halogens is 2. The van der Waals surface area contributed by atoms with E-state index in [0.717, 1.165) is 0 Å². The highest BCUT2D eigenvalue weighted by atomic mass is 79.9. The number of hydrogen-bond acceptors (Lipinski definition) is 7. The van der Waals surface area contributed by atoms with Crippen LogP contribution in [0.1, 0.15) is 5.56 Å². The van der Waals surface area contributed by atoms with Crippen LogP contribution in [0, 0.1) is 0 Å². The first-order valence-electron chi connectivity index (χ1n) is 7.37. The number of nitrogens with zero attached hydrogens (tertiary/aromatic N) is 2. The minimum Gasteiger partial charge on any atom is -0.379 e. The van der Waals surface area contributed by atoms with Gasteiger partial charge in [-0.1, -0.05) is 39.8 Å². The highest BCUT2D eigenvalue weighted by molar-refractivity contribution is 9.11. The summed E-state index contributed by atoms with van der Waals surface area (Å²) >= 11 is 7.72. The second-order valence-electron chi connectivity index (χ2n) is 5.17. The van der Waals surface area contributed by atoms with Crippen molar-refractivity contribution in [1.82, 2.24) is 5.32 Å². The zero-order chi connectivity index (χ0) is 19.4. The first-order valence-corrected chi connectivity index (χ1v) is 11.3. The summed E-state index contributed by atoms with van der Waals surface area (Å²) in [4.78, 5) is 11.1. The third-order valence-corrected chi connectivity index (χ3v) is 6.77. The maximum atomic E-state index is 12.5. The average molecular weight is 533 g/mol. The van der Waals surface area contributed by atoms with E-state index in [-0.39, 0.29) is 16.6 Å². The maximum Gasteiger partial charge on any atom is 0.340 e. The fourth-order valence-corrected chi connectivity index (χ4v) is 5.02. The van der Waals surface area contributed by atoms with Crippen molar-refractivity contribution in [3.8, 4) is 5.75 Å². The molecule has 0 aliphatic carbocycles. The molecule has 27 heavy (non-hydrogen) atoms. The number of carbonyl (C=O) groups excluding carboxylic acids is 1. The molecule has 1 N–H and O–H groups in total. The number of carbonyl (C=O) groups is 1. The van der Waals surface area contributed by atoms with E-state index in [2.05, 4.69) is 47.4 Å². The molecule has 0 spiro atoms. The lowest BCUT2D eigenvalue weighted by molar-refractivity contribution is -0.116. The second-order valence-corrected chi connectivity index (χ2v) is 9.42. The van der Waals surface area contributed by atoms with E-state index in [1.807, 2.05) is 0 Å². The molecule has 0 unspecified atom stereocenters. The van der Waals surface area contributed by atoms with E-state index in [9.17, 15) is 13.2 Å². The van der Waals surface area contributed by atoms with Gasteiger partial charge in [0.1, 0.15) is 10.6 Å². The summed E-state index contributed by atoms with van der Waals surface area (Å²) in [6.07, 6.45) is 1.44. The molecule has 1 fully saturated rings. The smallest absolute Gasteiger partial charge is 0.340 e. The predicted octanol–water partition coefficient (Wildman–Crippen LogP) is 3.53. The molecule has 3 rings (SSSR count). The normalized spacial score (nSPS) is 16.1.